The van der Waals surface area contributed by atoms with E-state index in [9.17, 15) is 4.79 Å². The molecule has 0 bridgehead atoms. The molecule has 1 rings (SSSR count). The summed E-state index contributed by atoms with van der Waals surface area (Å²) in [7, 11) is 0. The van der Waals surface area contributed by atoms with Crippen molar-refractivity contribution in [1.29, 1.82) is 0 Å². The first-order chi connectivity index (χ1) is 8.22. The Bertz CT molecular complexity index is 233. The fourth-order valence-corrected chi connectivity index (χ4v) is 3.04. The molecule has 0 aromatic rings. The highest BCUT2D eigenvalue weighted by Gasteiger charge is 2.32. The predicted molar refractivity (Wildman–Crippen MR) is 82.4 cm³/mol. The molecule has 0 aromatic carbocycles. The van der Waals surface area contributed by atoms with Gasteiger partial charge >= 0.3 is 0 Å². The highest BCUT2D eigenvalue weighted by Crippen LogP contribution is 2.38. The molecule has 0 spiro atoms. The monoisotopic (exact) mass is 294 g/mol. The lowest BCUT2D eigenvalue weighted by molar-refractivity contribution is -0.123. The molecule has 3 N–H and O–H groups in total. The van der Waals surface area contributed by atoms with Crippen LogP contribution in [-0.4, -0.2) is 31.0 Å². The van der Waals surface area contributed by atoms with Crippen molar-refractivity contribution in [2.45, 2.75) is 44.9 Å². The normalized spacial score (nSPS) is 17.9. The molecule has 0 aromatic heterocycles. The Morgan fingerprint density at radius 3 is 2.56 bits per heavy atom. The van der Waals surface area contributed by atoms with Gasteiger partial charge in [0.05, 0.1) is 0 Å². The second kappa shape index (κ2) is 9.93. The Hall–Kier alpha value is 0.0700. The largest absolute Gasteiger partial charge is 0.356 e. The molecule has 18 heavy (non-hydrogen) atoms. The van der Waals surface area contributed by atoms with E-state index in [4.69, 9.17) is 5.73 Å². The van der Waals surface area contributed by atoms with Crippen molar-refractivity contribution in [3.63, 3.8) is 0 Å². The van der Waals surface area contributed by atoms with Gasteiger partial charge in [-0.3, -0.25) is 4.79 Å². The van der Waals surface area contributed by atoms with Gasteiger partial charge in [0, 0.05) is 13.0 Å². The average molecular weight is 295 g/mol. The Labute approximate surface area is 121 Å². The molecular formula is C13H27ClN2OS. The third-order valence-corrected chi connectivity index (χ3v) is 4.43. The first kappa shape index (κ1) is 18.1. The third kappa shape index (κ3) is 6.30. The van der Waals surface area contributed by atoms with Crippen molar-refractivity contribution in [1.82, 2.24) is 5.32 Å². The van der Waals surface area contributed by atoms with Crippen LogP contribution in [-0.2, 0) is 4.79 Å². The topological polar surface area (TPSA) is 55.1 Å². The van der Waals surface area contributed by atoms with Gasteiger partial charge in [0.25, 0.3) is 0 Å². The lowest BCUT2D eigenvalue weighted by Crippen LogP contribution is -2.38. The van der Waals surface area contributed by atoms with Crippen LogP contribution in [0.25, 0.3) is 0 Å². The van der Waals surface area contributed by atoms with Crippen LogP contribution in [0.2, 0.25) is 0 Å². The molecule has 0 saturated heterocycles. The number of hydrogen-bond donors (Lipinski definition) is 2. The van der Waals surface area contributed by atoms with E-state index in [2.05, 4.69) is 11.6 Å². The Morgan fingerprint density at radius 2 is 2.00 bits per heavy atom. The predicted octanol–water partition coefficient (Wildman–Crippen LogP) is 2.58. The summed E-state index contributed by atoms with van der Waals surface area (Å²) in [6.07, 6.45) is 9.80. The van der Waals surface area contributed by atoms with E-state index in [1.54, 1.807) is 0 Å². The van der Waals surface area contributed by atoms with Crippen LogP contribution >= 0.6 is 24.2 Å². The number of thioether (sulfide) groups is 1. The number of nitrogens with two attached hydrogens (primary N) is 1. The zero-order chi connectivity index (χ0) is 12.6. The summed E-state index contributed by atoms with van der Waals surface area (Å²) in [6.45, 7) is 1.46. The number of carbonyl (C=O) groups excluding carboxylic acids is 1. The molecule has 1 amide bonds. The van der Waals surface area contributed by atoms with E-state index in [-0.39, 0.29) is 23.7 Å². The summed E-state index contributed by atoms with van der Waals surface area (Å²) < 4.78 is 0. The zero-order valence-corrected chi connectivity index (χ0v) is 13.0. The van der Waals surface area contributed by atoms with Crippen LogP contribution < -0.4 is 11.1 Å². The smallest absolute Gasteiger partial charge is 0.220 e. The molecular weight excluding hydrogens is 268 g/mol. The van der Waals surface area contributed by atoms with Crippen molar-refractivity contribution in [2.75, 3.05) is 25.1 Å². The molecule has 0 aliphatic heterocycles. The molecule has 0 heterocycles. The molecule has 1 aliphatic carbocycles. The summed E-state index contributed by atoms with van der Waals surface area (Å²) in [6, 6.07) is 0. The fraction of sp³-hybridized carbons (Fsp3) is 0.923. The Balaban J connectivity index is 0.00000289. The summed E-state index contributed by atoms with van der Waals surface area (Å²) in [5, 5.41) is 3.02. The van der Waals surface area contributed by atoms with E-state index in [0.29, 0.717) is 13.0 Å². The SMILES string of the molecule is CSCCCNC(=O)CC1(CN)CCCCC1.Cl. The quantitative estimate of drug-likeness (QED) is 0.710. The van der Waals surface area contributed by atoms with Gasteiger partial charge in [-0.1, -0.05) is 19.3 Å². The number of rotatable bonds is 7. The number of amides is 1. The van der Waals surface area contributed by atoms with E-state index in [0.717, 1.165) is 31.6 Å². The van der Waals surface area contributed by atoms with Crippen molar-refractivity contribution >= 4 is 30.1 Å². The molecule has 0 radical (unpaired) electrons. The minimum atomic E-state index is 0. The lowest BCUT2D eigenvalue weighted by atomic mass is 9.71. The standard InChI is InChI=1S/C13H26N2OS.ClH/c1-17-9-5-8-15-12(16)10-13(11-14)6-3-2-4-7-13;/h2-11,14H2,1H3,(H,15,16);1H. The highest BCUT2D eigenvalue weighted by molar-refractivity contribution is 7.98. The highest BCUT2D eigenvalue weighted by atomic mass is 35.5. The first-order valence-corrected chi connectivity index (χ1v) is 8.07. The Morgan fingerprint density at radius 1 is 1.33 bits per heavy atom. The van der Waals surface area contributed by atoms with Crippen molar-refractivity contribution in [3.8, 4) is 0 Å². The van der Waals surface area contributed by atoms with Gasteiger partial charge < -0.3 is 11.1 Å². The molecule has 0 unspecified atom stereocenters. The fourth-order valence-electron chi connectivity index (χ4n) is 2.60. The third-order valence-electron chi connectivity index (χ3n) is 3.73. The second-order valence-corrected chi connectivity index (χ2v) is 6.12. The van der Waals surface area contributed by atoms with Crippen LogP contribution in [0.1, 0.15) is 44.9 Å². The van der Waals surface area contributed by atoms with E-state index in [1.165, 1.54) is 19.3 Å². The van der Waals surface area contributed by atoms with Crippen LogP contribution in [0.15, 0.2) is 0 Å². The number of hydrogen-bond acceptors (Lipinski definition) is 3. The number of nitrogens with one attached hydrogen (secondary N) is 1. The van der Waals surface area contributed by atoms with Gasteiger partial charge in [0.1, 0.15) is 0 Å². The summed E-state index contributed by atoms with van der Waals surface area (Å²) in [5.41, 5.74) is 5.98. The average Bonchev–Trinajstić information content (AvgIpc) is 2.36. The van der Waals surface area contributed by atoms with Crippen LogP contribution in [0.5, 0.6) is 0 Å². The van der Waals surface area contributed by atoms with Gasteiger partial charge in [-0.05, 0) is 43.2 Å². The zero-order valence-electron chi connectivity index (χ0n) is 11.4. The molecule has 1 saturated carbocycles. The van der Waals surface area contributed by atoms with Gasteiger partial charge in [0.15, 0.2) is 0 Å². The van der Waals surface area contributed by atoms with Crippen LogP contribution in [0.4, 0.5) is 0 Å². The van der Waals surface area contributed by atoms with E-state index in [1.807, 2.05) is 11.8 Å². The Kier molecular flexibility index (Phi) is 9.97. The van der Waals surface area contributed by atoms with Gasteiger partial charge in [-0.15, -0.1) is 12.4 Å². The van der Waals surface area contributed by atoms with Crippen LogP contribution in [0, 0.1) is 5.41 Å². The second-order valence-electron chi connectivity index (χ2n) is 5.14. The van der Waals surface area contributed by atoms with Crippen molar-refractivity contribution in [3.05, 3.63) is 0 Å². The molecule has 5 heteroatoms. The molecule has 108 valence electrons. The molecule has 3 nitrogen and oxygen atoms in total. The summed E-state index contributed by atoms with van der Waals surface area (Å²) >= 11 is 1.82. The lowest BCUT2D eigenvalue weighted by Gasteiger charge is -2.35. The van der Waals surface area contributed by atoms with E-state index >= 15 is 0 Å². The maximum absolute atomic E-state index is 11.9. The molecule has 0 atom stereocenters. The van der Waals surface area contributed by atoms with Crippen LogP contribution in [0.3, 0.4) is 0 Å². The molecule has 1 aliphatic rings. The number of halogens is 1. The molecule has 1 fully saturated rings. The summed E-state index contributed by atoms with van der Waals surface area (Å²) in [5.74, 6) is 1.31. The minimum Gasteiger partial charge on any atom is -0.356 e. The minimum absolute atomic E-state index is 0. The summed E-state index contributed by atoms with van der Waals surface area (Å²) in [4.78, 5) is 11.9. The maximum Gasteiger partial charge on any atom is 0.220 e. The maximum atomic E-state index is 11.9. The van der Waals surface area contributed by atoms with Crippen molar-refractivity contribution in [2.24, 2.45) is 11.1 Å². The van der Waals surface area contributed by atoms with Gasteiger partial charge in [-0.2, -0.15) is 11.8 Å². The number of carbonyl (C=O) groups is 1. The van der Waals surface area contributed by atoms with Gasteiger partial charge in [-0.25, -0.2) is 0 Å². The first-order valence-electron chi connectivity index (χ1n) is 6.68. The van der Waals surface area contributed by atoms with Crippen molar-refractivity contribution < 1.29 is 4.79 Å². The van der Waals surface area contributed by atoms with Gasteiger partial charge in [0.2, 0.25) is 5.91 Å². The van der Waals surface area contributed by atoms with E-state index < -0.39 is 0 Å².